The molecule has 1 amide bonds. The van der Waals surface area contributed by atoms with Crippen LogP contribution in [0.3, 0.4) is 0 Å². The molecule has 0 bridgehead atoms. The Labute approximate surface area is 155 Å². The fraction of sp³-hybridized carbons (Fsp3) is 0.0500. The van der Waals surface area contributed by atoms with Crippen molar-refractivity contribution in [3.63, 3.8) is 0 Å². The van der Waals surface area contributed by atoms with Gasteiger partial charge in [0.25, 0.3) is 5.91 Å². The molecule has 0 spiro atoms. The lowest BCUT2D eigenvalue weighted by Crippen LogP contribution is -2.14. The van der Waals surface area contributed by atoms with Crippen molar-refractivity contribution >= 4 is 11.6 Å². The first kappa shape index (κ1) is 16.6. The largest absolute Gasteiger partial charge is 0.497 e. The minimum atomic E-state index is -0.325. The van der Waals surface area contributed by atoms with Crippen LogP contribution in [0.2, 0.25) is 0 Å². The Morgan fingerprint density at radius 3 is 2.48 bits per heavy atom. The predicted molar refractivity (Wildman–Crippen MR) is 102 cm³/mol. The maximum atomic E-state index is 12.6. The van der Waals surface area contributed by atoms with Crippen LogP contribution < -0.4 is 10.1 Å². The molecule has 7 nitrogen and oxygen atoms in total. The van der Waals surface area contributed by atoms with Gasteiger partial charge in [0, 0.05) is 12.4 Å². The van der Waals surface area contributed by atoms with Crippen LogP contribution in [0.15, 0.2) is 79.3 Å². The Balaban J connectivity index is 1.55. The number of rotatable bonds is 5. The minimum absolute atomic E-state index is 0.230. The molecule has 0 saturated heterocycles. The number of benzene rings is 2. The summed E-state index contributed by atoms with van der Waals surface area (Å²) in [6.45, 7) is 0. The van der Waals surface area contributed by atoms with Gasteiger partial charge in [-0.2, -0.15) is 0 Å². The molecule has 4 aromatic rings. The van der Waals surface area contributed by atoms with Gasteiger partial charge in [0.15, 0.2) is 5.69 Å². The van der Waals surface area contributed by atoms with Gasteiger partial charge >= 0.3 is 0 Å². The predicted octanol–water partition coefficient (Wildman–Crippen LogP) is 3.32. The number of hydrogen-bond donors (Lipinski definition) is 1. The fourth-order valence-electron chi connectivity index (χ4n) is 2.71. The summed E-state index contributed by atoms with van der Waals surface area (Å²) < 4.78 is 8.63. The quantitative estimate of drug-likeness (QED) is 0.593. The number of ether oxygens (including phenoxy) is 1. The van der Waals surface area contributed by atoms with Gasteiger partial charge in [0.05, 0.1) is 30.4 Å². The van der Waals surface area contributed by atoms with Gasteiger partial charge < -0.3 is 14.6 Å². The second kappa shape index (κ2) is 7.17. The van der Waals surface area contributed by atoms with Crippen LogP contribution in [0.25, 0.3) is 11.4 Å². The lowest BCUT2D eigenvalue weighted by molar-refractivity contribution is 0.102. The van der Waals surface area contributed by atoms with Crippen LogP contribution in [0.5, 0.6) is 5.75 Å². The van der Waals surface area contributed by atoms with Crippen molar-refractivity contribution in [3.8, 4) is 17.1 Å². The Bertz CT molecular complexity index is 1050. The number of nitrogens with one attached hydrogen (secondary N) is 1. The van der Waals surface area contributed by atoms with Crippen molar-refractivity contribution in [2.45, 2.75) is 0 Å². The van der Waals surface area contributed by atoms with Crippen LogP contribution in [-0.2, 0) is 0 Å². The van der Waals surface area contributed by atoms with E-state index in [0.717, 1.165) is 17.1 Å². The second-order valence-electron chi connectivity index (χ2n) is 5.81. The Hall–Kier alpha value is -3.87. The molecule has 0 aliphatic heterocycles. The van der Waals surface area contributed by atoms with Crippen molar-refractivity contribution in [1.82, 2.24) is 19.6 Å². The van der Waals surface area contributed by atoms with Crippen LogP contribution in [-0.4, -0.2) is 32.6 Å². The average Bonchev–Trinajstić information content (AvgIpc) is 3.41. The molecule has 7 heteroatoms. The van der Waals surface area contributed by atoms with Crippen LogP contribution in [0.4, 0.5) is 5.69 Å². The topological polar surface area (TPSA) is 74.0 Å². The number of aromatic nitrogens is 4. The molecule has 1 N–H and O–H groups in total. The zero-order chi connectivity index (χ0) is 18.6. The van der Waals surface area contributed by atoms with E-state index in [1.807, 2.05) is 77.6 Å². The summed E-state index contributed by atoms with van der Waals surface area (Å²) in [7, 11) is 1.61. The fourth-order valence-corrected chi connectivity index (χ4v) is 2.71. The number of amides is 1. The van der Waals surface area contributed by atoms with Gasteiger partial charge in [-0.25, -0.2) is 4.68 Å². The first-order chi connectivity index (χ1) is 13.2. The van der Waals surface area contributed by atoms with Crippen molar-refractivity contribution in [2.75, 3.05) is 12.4 Å². The van der Waals surface area contributed by atoms with Crippen molar-refractivity contribution < 1.29 is 9.53 Å². The average molecular weight is 359 g/mol. The summed E-state index contributed by atoms with van der Waals surface area (Å²) >= 11 is 0. The summed E-state index contributed by atoms with van der Waals surface area (Å²) in [4.78, 5) is 12.6. The highest BCUT2D eigenvalue weighted by molar-refractivity contribution is 6.03. The number of hydrogen-bond acceptors (Lipinski definition) is 4. The maximum absolute atomic E-state index is 12.6. The molecule has 0 aliphatic carbocycles. The third-order valence-corrected chi connectivity index (χ3v) is 4.10. The zero-order valence-electron chi connectivity index (χ0n) is 14.6. The first-order valence-electron chi connectivity index (χ1n) is 8.35. The van der Waals surface area contributed by atoms with Crippen molar-refractivity contribution in [3.05, 3.63) is 84.9 Å². The van der Waals surface area contributed by atoms with Crippen LogP contribution in [0, 0.1) is 0 Å². The number of carbonyl (C=O) groups is 1. The van der Waals surface area contributed by atoms with Gasteiger partial charge in [-0.1, -0.05) is 17.3 Å². The molecule has 0 aliphatic rings. The third kappa shape index (κ3) is 3.43. The molecule has 0 unspecified atom stereocenters. The van der Waals surface area contributed by atoms with E-state index < -0.39 is 0 Å². The van der Waals surface area contributed by atoms with E-state index in [4.69, 9.17) is 4.74 Å². The smallest absolute Gasteiger partial charge is 0.277 e. The summed E-state index contributed by atoms with van der Waals surface area (Å²) in [5.74, 6) is 0.424. The van der Waals surface area contributed by atoms with Gasteiger partial charge in [-0.3, -0.25) is 4.79 Å². The molecule has 2 aromatic heterocycles. The monoisotopic (exact) mass is 359 g/mol. The summed E-state index contributed by atoms with van der Waals surface area (Å²) in [6, 6.07) is 18.8. The van der Waals surface area contributed by atoms with Crippen LogP contribution in [0.1, 0.15) is 10.5 Å². The highest BCUT2D eigenvalue weighted by Crippen LogP contribution is 2.21. The Kier molecular flexibility index (Phi) is 4.40. The number of para-hydroxylation sites is 2. The van der Waals surface area contributed by atoms with E-state index in [1.165, 1.54) is 0 Å². The molecule has 0 saturated carbocycles. The SMILES string of the molecule is COc1ccc(-n2cc(C(=O)Nc3ccccc3-n3cccc3)nn2)cc1. The summed E-state index contributed by atoms with van der Waals surface area (Å²) in [5.41, 5.74) is 2.58. The van der Waals surface area contributed by atoms with Gasteiger partial charge in [-0.15, -0.1) is 5.10 Å². The highest BCUT2D eigenvalue weighted by atomic mass is 16.5. The molecule has 0 fully saturated rings. The zero-order valence-corrected chi connectivity index (χ0v) is 14.6. The van der Waals surface area contributed by atoms with Crippen LogP contribution >= 0.6 is 0 Å². The minimum Gasteiger partial charge on any atom is -0.497 e. The molecular weight excluding hydrogens is 342 g/mol. The Morgan fingerprint density at radius 2 is 1.74 bits per heavy atom. The number of nitrogens with zero attached hydrogens (tertiary/aromatic N) is 4. The van der Waals surface area contributed by atoms with E-state index in [0.29, 0.717) is 5.69 Å². The second-order valence-corrected chi connectivity index (χ2v) is 5.81. The lowest BCUT2D eigenvalue weighted by atomic mass is 10.2. The maximum Gasteiger partial charge on any atom is 0.277 e. The summed E-state index contributed by atoms with van der Waals surface area (Å²) in [5, 5.41) is 10.9. The van der Waals surface area contributed by atoms with E-state index >= 15 is 0 Å². The molecule has 0 radical (unpaired) electrons. The van der Waals surface area contributed by atoms with Gasteiger partial charge in [0.2, 0.25) is 0 Å². The number of carbonyl (C=O) groups excluding carboxylic acids is 1. The lowest BCUT2D eigenvalue weighted by Gasteiger charge is -2.10. The van der Waals surface area contributed by atoms with E-state index in [1.54, 1.807) is 18.0 Å². The molecular formula is C20H17N5O2. The number of anilines is 1. The molecule has 134 valence electrons. The van der Waals surface area contributed by atoms with Crippen molar-refractivity contribution in [2.24, 2.45) is 0 Å². The van der Waals surface area contributed by atoms with E-state index in [2.05, 4.69) is 15.6 Å². The van der Waals surface area contributed by atoms with Crippen molar-refractivity contribution in [1.29, 1.82) is 0 Å². The molecule has 2 heterocycles. The number of methoxy groups -OCH3 is 1. The third-order valence-electron chi connectivity index (χ3n) is 4.10. The normalized spacial score (nSPS) is 10.6. The molecule has 2 aromatic carbocycles. The van der Waals surface area contributed by atoms with E-state index in [-0.39, 0.29) is 11.6 Å². The molecule has 27 heavy (non-hydrogen) atoms. The van der Waals surface area contributed by atoms with Gasteiger partial charge in [-0.05, 0) is 48.5 Å². The first-order valence-corrected chi connectivity index (χ1v) is 8.35. The standard InChI is InChI=1S/C20H17N5O2/c1-27-16-10-8-15(9-11-16)25-14-18(22-23-25)20(26)21-17-6-2-3-7-19(17)24-12-4-5-13-24/h2-14H,1H3,(H,21,26). The highest BCUT2D eigenvalue weighted by Gasteiger charge is 2.14. The Morgan fingerprint density at radius 1 is 1.00 bits per heavy atom. The molecule has 0 atom stereocenters. The summed E-state index contributed by atoms with van der Waals surface area (Å²) in [6.07, 6.45) is 5.44. The van der Waals surface area contributed by atoms with E-state index in [9.17, 15) is 4.79 Å². The van der Waals surface area contributed by atoms with Gasteiger partial charge in [0.1, 0.15) is 5.75 Å². The molecule has 4 rings (SSSR count).